The molecule has 0 spiro atoms. The molecule has 1 aliphatic heterocycles. The molecule has 142 valence electrons. The second-order valence-electron chi connectivity index (χ2n) is 6.42. The van der Waals surface area contributed by atoms with Crippen LogP contribution in [0.25, 0.3) is 0 Å². The van der Waals surface area contributed by atoms with Crippen molar-refractivity contribution < 1.29 is 9.59 Å². The molecular formula is C17H28Cl2N4O2. The lowest BCUT2D eigenvalue weighted by Gasteiger charge is -2.23. The molecule has 2 heterocycles. The zero-order chi connectivity index (χ0) is 17.0. The number of rotatable bonds is 3. The first-order valence-electron chi connectivity index (χ1n) is 8.07. The van der Waals surface area contributed by atoms with E-state index in [0.29, 0.717) is 26.1 Å². The Hall–Kier alpha value is -1.37. The summed E-state index contributed by atoms with van der Waals surface area (Å²) >= 11 is 0. The van der Waals surface area contributed by atoms with E-state index in [0.717, 1.165) is 23.2 Å². The Balaban J connectivity index is 0.00000288. The SMILES string of the molecule is CC(=O)N1C[C@@H](N)CC[C@@H](C(=O)NCc2cnc(C)c(C)c2)C1.Cl.Cl. The number of carbonyl (C=O) groups excluding carboxylic acids is 2. The number of nitrogens with one attached hydrogen (secondary N) is 1. The Morgan fingerprint density at radius 3 is 2.56 bits per heavy atom. The fourth-order valence-corrected chi connectivity index (χ4v) is 2.82. The second-order valence-corrected chi connectivity index (χ2v) is 6.42. The molecule has 8 heteroatoms. The summed E-state index contributed by atoms with van der Waals surface area (Å²) < 4.78 is 0. The summed E-state index contributed by atoms with van der Waals surface area (Å²) in [5.74, 6) is -0.256. The highest BCUT2D eigenvalue weighted by molar-refractivity contribution is 5.85. The quantitative estimate of drug-likeness (QED) is 0.822. The number of likely N-dealkylation sites (tertiary alicyclic amines) is 1. The summed E-state index contributed by atoms with van der Waals surface area (Å²) in [5.41, 5.74) is 9.08. The minimum Gasteiger partial charge on any atom is -0.352 e. The van der Waals surface area contributed by atoms with Crippen LogP contribution in [0.3, 0.4) is 0 Å². The van der Waals surface area contributed by atoms with Crippen molar-refractivity contribution in [2.24, 2.45) is 11.7 Å². The molecule has 6 nitrogen and oxygen atoms in total. The van der Waals surface area contributed by atoms with Crippen LogP contribution < -0.4 is 11.1 Å². The van der Waals surface area contributed by atoms with E-state index >= 15 is 0 Å². The van der Waals surface area contributed by atoms with E-state index in [2.05, 4.69) is 10.3 Å². The molecule has 25 heavy (non-hydrogen) atoms. The maximum absolute atomic E-state index is 12.4. The fourth-order valence-electron chi connectivity index (χ4n) is 2.82. The fraction of sp³-hybridized carbons (Fsp3) is 0.588. The number of pyridine rings is 1. The summed E-state index contributed by atoms with van der Waals surface area (Å²) in [6.07, 6.45) is 3.25. The zero-order valence-corrected chi connectivity index (χ0v) is 16.6. The van der Waals surface area contributed by atoms with E-state index in [-0.39, 0.29) is 48.6 Å². The molecule has 0 unspecified atom stereocenters. The van der Waals surface area contributed by atoms with Gasteiger partial charge in [-0.1, -0.05) is 6.07 Å². The molecule has 0 radical (unpaired) electrons. The highest BCUT2D eigenvalue weighted by Gasteiger charge is 2.28. The van der Waals surface area contributed by atoms with E-state index in [9.17, 15) is 9.59 Å². The van der Waals surface area contributed by atoms with Gasteiger partial charge in [0.1, 0.15) is 0 Å². The molecule has 3 N–H and O–H groups in total. The van der Waals surface area contributed by atoms with Gasteiger partial charge in [-0.05, 0) is 37.8 Å². The monoisotopic (exact) mass is 390 g/mol. The van der Waals surface area contributed by atoms with Crippen LogP contribution in [0.15, 0.2) is 12.3 Å². The van der Waals surface area contributed by atoms with Crippen molar-refractivity contribution in [1.82, 2.24) is 15.2 Å². The number of nitrogens with zero attached hydrogens (tertiary/aromatic N) is 2. The Bertz CT molecular complexity index is 598. The van der Waals surface area contributed by atoms with Gasteiger partial charge >= 0.3 is 0 Å². The van der Waals surface area contributed by atoms with Crippen molar-refractivity contribution in [1.29, 1.82) is 0 Å². The van der Waals surface area contributed by atoms with Crippen LogP contribution in [-0.4, -0.2) is 40.8 Å². The highest BCUT2D eigenvalue weighted by Crippen LogP contribution is 2.17. The number of nitrogens with two attached hydrogens (primary N) is 1. The summed E-state index contributed by atoms with van der Waals surface area (Å²) in [5, 5.41) is 2.96. The highest BCUT2D eigenvalue weighted by atomic mass is 35.5. The van der Waals surface area contributed by atoms with Gasteiger partial charge in [-0.15, -0.1) is 24.8 Å². The van der Waals surface area contributed by atoms with Gasteiger partial charge in [0.2, 0.25) is 11.8 Å². The summed E-state index contributed by atoms with van der Waals surface area (Å²) in [6, 6.07) is 1.98. The van der Waals surface area contributed by atoms with Gasteiger partial charge in [0.25, 0.3) is 0 Å². The molecule has 1 fully saturated rings. The predicted molar refractivity (Wildman–Crippen MR) is 103 cm³/mol. The number of amides is 2. The topological polar surface area (TPSA) is 88.3 Å². The lowest BCUT2D eigenvalue weighted by molar-refractivity contribution is -0.131. The molecule has 1 saturated heterocycles. The van der Waals surface area contributed by atoms with E-state index in [1.165, 1.54) is 6.92 Å². The van der Waals surface area contributed by atoms with Crippen molar-refractivity contribution in [3.8, 4) is 0 Å². The molecular weight excluding hydrogens is 363 g/mol. The molecule has 2 atom stereocenters. The van der Waals surface area contributed by atoms with E-state index in [1.807, 2.05) is 19.9 Å². The molecule has 0 aliphatic carbocycles. The van der Waals surface area contributed by atoms with Gasteiger partial charge in [-0.25, -0.2) is 0 Å². The molecule has 2 amide bonds. The van der Waals surface area contributed by atoms with Gasteiger partial charge in [0.15, 0.2) is 0 Å². The Kier molecular flexibility index (Phi) is 10.0. The molecule has 2 rings (SSSR count). The summed E-state index contributed by atoms with van der Waals surface area (Å²) in [4.78, 5) is 30.1. The van der Waals surface area contributed by atoms with Crippen LogP contribution in [0.4, 0.5) is 0 Å². The van der Waals surface area contributed by atoms with Crippen LogP contribution in [0.2, 0.25) is 0 Å². The number of carbonyl (C=O) groups is 2. The van der Waals surface area contributed by atoms with Crippen LogP contribution in [-0.2, 0) is 16.1 Å². The smallest absolute Gasteiger partial charge is 0.225 e. The molecule has 0 bridgehead atoms. The average molecular weight is 391 g/mol. The third-order valence-corrected chi connectivity index (χ3v) is 4.46. The van der Waals surface area contributed by atoms with Crippen molar-refractivity contribution in [2.45, 2.75) is 46.2 Å². The maximum Gasteiger partial charge on any atom is 0.225 e. The molecule has 1 aromatic heterocycles. The van der Waals surface area contributed by atoms with Gasteiger partial charge in [-0.3, -0.25) is 14.6 Å². The largest absolute Gasteiger partial charge is 0.352 e. The average Bonchev–Trinajstić information content (AvgIpc) is 2.70. The van der Waals surface area contributed by atoms with Crippen molar-refractivity contribution >= 4 is 36.6 Å². The molecule has 0 aromatic carbocycles. The van der Waals surface area contributed by atoms with Gasteiger partial charge in [0, 0.05) is 44.5 Å². The van der Waals surface area contributed by atoms with Gasteiger partial charge < -0.3 is 16.0 Å². The first-order valence-corrected chi connectivity index (χ1v) is 8.07. The number of halogens is 2. The minimum absolute atomic E-state index is 0. The van der Waals surface area contributed by atoms with Crippen LogP contribution in [0.1, 0.15) is 36.6 Å². The molecule has 0 saturated carbocycles. The minimum atomic E-state index is -0.202. The van der Waals surface area contributed by atoms with Crippen molar-refractivity contribution in [3.63, 3.8) is 0 Å². The van der Waals surface area contributed by atoms with Crippen LogP contribution in [0, 0.1) is 19.8 Å². The lowest BCUT2D eigenvalue weighted by atomic mass is 10.0. The maximum atomic E-state index is 12.4. The lowest BCUT2D eigenvalue weighted by Crippen LogP contribution is -2.42. The number of hydrogen-bond donors (Lipinski definition) is 2. The van der Waals surface area contributed by atoms with E-state index in [4.69, 9.17) is 5.73 Å². The second kappa shape index (κ2) is 10.6. The van der Waals surface area contributed by atoms with Crippen LogP contribution in [0.5, 0.6) is 0 Å². The predicted octanol–water partition coefficient (Wildman–Crippen LogP) is 1.74. The third-order valence-electron chi connectivity index (χ3n) is 4.46. The normalized spacial score (nSPS) is 19.9. The zero-order valence-electron chi connectivity index (χ0n) is 14.9. The summed E-state index contributed by atoms with van der Waals surface area (Å²) in [7, 11) is 0. The number of aryl methyl sites for hydroxylation is 2. The van der Waals surface area contributed by atoms with Crippen LogP contribution >= 0.6 is 24.8 Å². The number of aromatic nitrogens is 1. The Labute approximate surface area is 161 Å². The third kappa shape index (κ3) is 6.80. The van der Waals surface area contributed by atoms with Crippen molar-refractivity contribution in [2.75, 3.05) is 13.1 Å². The van der Waals surface area contributed by atoms with E-state index < -0.39 is 0 Å². The van der Waals surface area contributed by atoms with Gasteiger partial charge in [-0.2, -0.15) is 0 Å². The Morgan fingerprint density at radius 2 is 1.96 bits per heavy atom. The van der Waals surface area contributed by atoms with E-state index in [1.54, 1.807) is 11.1 Å². The van der Waals surface area contributed by atoms with Gasteiger partial charge in [0.05, 0.1) is 5.92 Å². The molecule has 1 aromatic rings. The Morgan fingerprint density at radius 1 is 1.28 bits per heavy atom. The number of hydrogen-bond acceptors (Lipinski definition) is 4. The first-order chi connectivity index (χ1) is 10.9. The van der Waals surface area contributed by atoms with Crippen molar-refractivity contribution in [3.05, 3.63) is 29.1 Å². The first kappa shape index (κ1) is 23.6. The standard InChI is InChI=1S/C17H26N4O2.2ClH/c1-11-6-14(7-19-12(11)2)8-20-17(23)15-4-5-16(18)10-21(9-15)13(3)22;;/h6-7,15-16H,4-5,8-10,18H2,1-3H3,(H,20,23);2*1H/t15-,16+;;/m1../s1. The molecule has 1 aliphatic rings. The summed E-state index contributed by atoms with van der Waals surface area (Å²) in [6.45, 7) is 6.91.